The first-order valence-electron chi connectivity index (χ1n) is 6.65. The number of aryl methyl sites for hydroxylation is 1. The van der Waals surface area contributed by atoms with Crippen LogP contribution in [0.3, 0.4) is 0 Å². The van der Waals surface area contributed by atoms with Crippen molar-refractivity contribution < 1.29 is 4.92 Å². The normalized spacial score (nSPS) is 10.4. The number of anilines is 2. The van der Waals surface area contributed by atoms with Gasteiger partial charge in [-0.15, -0.1) is 11.3 Å². The monoisotopic (exact) mass is 307 g/mol. The molecular weight excluding hydrogens is 290 g/mol. The average Bonchev–Trinajstić information content (AvgIpc) is 2.95. The van der Waals surface area contributed by atoms with E-state index in [0.29, 0.717) is 18.2 Å². The molecule has 8 heteroatoms. The molecule has 2 heterocycles. The molecule has 0 bridgehead atoms. The fraction of sp³-hybridized carbons (Fsp3) is 0.385. The van der Waals surface area contributed by atoms with Crippen LogP contribution in [0.15, 0.2) is 17.5 Å². The van der Waals surface area contributed by atoms with Crippen LogP contribution in [0.1, 0.15) is 23.9 Å². The van der Waals surface area contributed by atoms with E-state index in [1.807, 2.05) is 24.4 Å². The summed E-state index contributed by atoms with van der Waals surface area (Å²) in [6, 6.07) is 3.91. The Labute approximate surface area is 126 Å². The molecule has 0 aliphatic rings. The topological polar surface area (TPSA) is 93.0 Å². The molecule has 0 unspecified atom stereocenters. The number of aromatic nitrogens is 2. The molecule has 0 aliphatic heterocycles. The van der Waals surface area contributed by atoms with Crippen molar-refractivity contribution in [2.24, 2.45) is 0 Å². The number of hydrogen-bond acceptors (Lipinski definition) is 7. The van der Waals surface area contributed by atoms with Crippen LogP contribution in [0.25, 0.3) is 0 Å². The van der Waals surface area contributed by atoms with E-state index in [1.54, 1.807) is 18.3 Å². The van der Waals surface area contributed by atoms with Crippen LogP contribution in [0.2, 0.25) is 0 Å². The second kappa shape index (κ2) is 6.98. The first kappa shape index (κ1) is 15.2. The zero-order chi connectivity index (χ0) is 15.2. The Kier molecular flexibility index (Phi) is 5.04. The Morgan fingerprint density at radius 3 is 2.81 bits per heavy atom. The fourth-order valence-corrected chi connectivity index (χ4v) is 2.45. The van der Waals surface area contributed by atoms with Crippen LogP contribution in [0.4, 0.5) is 17.5 Å². The van der Waals surface area contributed by atoms with E-state index < -0.39 is 4.92 Å². The summed E-state index contributed by atoms with van der Waals surface area (Å²) in [4.78, 5) is 20.2. The summed E-state index contributed by atoms with van der Waals surface area (Å²) in [6.07, 6.45) is 0.928. The third-order valence-electron chi connectivity index (χ3n) is 2.78. The zero-order valence-electron chi connectivity index (χ0n) is 11.9. The Bertz CT molecular complexity index is 615. The van der Waals surface area contributed by atoms with E-state index in [1.165, 1.54) is 0 Å². The molecule has 7 nitrogen and oxygen atoms in total. The highest BCUT2D eigenvalue weighted by molar-refractivity contribution is 7.09. The molecule has 0 aliphatic carbocycles. The van der Waals surface area contributed by atoms with Gasteiger partial charge < -0.3 is 10.6 Å². The largest absolute Gasteiger partial charge is 0.359 e. The second-order valence-corrected chi connectivity index (χ2v) is 5.48. The molecule has 0 atom stereocenters. The van der Waals surface area contributed by atoms with E-state index in [2.05, 4.69) is 20.6 Å². The van der Waals surface area contributed by atoms with Gasteiger partial charge in [0.05, 0.1) is 11.5 Å². The first-order chi connectivity index (χ1) is 10.1. The van der Waals surface area contributed by atoms with Gasteiger partial charge in [-0.3, -0.25) is 10.1 Å². The molecule has 0 aromatic carbocycles. The van der Waals surface area contributed by atoms with Gasteiger partial charge in [-0.2, -0.15) is 4.98 Å². The maximum atomic E-state index is 11.2. The zero-order valence-corrected chi connectivity index (χ0v) is 12.7. The van der Waals surface area contributed by atoms with Gasteiger partial charge in [0.25, 0.3) is 0 Å². The van der Waals surface area contributed by atoms with Crippen LogP contribution in [0, 0.1) is 17.0 Å². The highest BCUT2D eigenvalue weighted by Gasteiger charge is 2.21. The average molecular weight is 307 g/mol. The highest BCUT2D eigenvalue weighted by atomic mass is 32.1. The lowest BCUT2D eigenvalue weighted by atomic mass is 10.3. The Balaban J connectivity index is 2.25. The minimum Gasteiger partial charge on any atom is -0.359 e. The van der Waals surface area contributed by atoms with Gasteiger partial charge in [0.1, 0.15) is 5.69 Å². The smallest absolute Gasteiger partial charge is 0.332 e. The van der Waals surface area contributed by atoms with E-state index >= 15 is 0 Å². The number of rotatable bonds is 7. The van der Waals surface area contributed by atoms with Crippen LogP contribution in [0.5, 0.6) is 0 Å². The van der Waals surface area contributed by atoms with E-state index in [9.17, 15) is 10.1 Å². The summed E-state index contributed by atoms with van der Waals surface area (Å²) < 4.78 is 0. The summed E-state index contributed by atoms with van der Waals surface area (Å²) in [5.41, 5.74) is 0.274. The maximum Gasteiger partial charge on any atom is 0.332 e. The van der Waals surface area contributed by atoms with Gasteiger partial charge in [-0.05, 0) is 24.8 Å². The quantitative estimate of drug-likeness (QED) is 0.603. The Hall–Kier alpha value is -2.22. The van der Waals surface area contributed by atoms with Crippen LogP contribution < -0.4 is 10.6 Å². The third kappa shape index (κ3) is 3.88. The van der Waals surface area contributed by atoms with Crippen molar-refractivity contribution in [3.8, 4) is 0 Å². The van der Waals surface area contributed by atoms with Crippen molar-refractivity contribution in [1.82, 2.24) is 9.97 Å². The summed E-state index contributed by atoms with van der Waals surface area (Å²) >= 11 is 1.59. The predicted molar refractivity (Wildman–Crippen MR) is 83.8 cm³/mol. The molecular formula is C13H17N5O2S. The Morgan fingerprint density at radius 2 is 2.19 bits per heavy atom. The van der Waals surface area contributed by atoms with Crippen LogP contribution >= 0.6 is 11.3 Å². The fourth-order valence-electron chi connectivity index (χ4n) is 1.81. The lowest BCUT2D eigenvalue weighted by Gasteiger charge is -2.10. The van der Waals surface area contributed by atoms with Crippen LogP contribution in [-0.4, -0.2) is 21.4 Å². The van der Waals surface area contributed by atoms with E-state index in [-0.39, 0.29) is 11.5 Å². The first-order valence-corrected chi connectivity index (χ1v) is 7.53. The molecule has 2 aromatic heterocycles. The minimum absolute atomic E-state index is 0.0754. The second-order valence-electron chi connectivity index (χ2n) is 4.45. The number of thiophene rings is 1. The van der Waals surface area contributed by atoms with Gasteiger partial charge in [0.2, 0.25) is 11.8 Å². The number of nitrogens with zero attached hydrogens (tertiary/aromatic N) is 3. The van der Waals surface area contributed by atoms with Crippen molar-refractivity contribution >= 4 is 28.8 Å². The van der Waals surface area contributed by atoms with Gasteiger partial charge >= 0.3 is 5.69 Å². The molecule has 2 aromatic rings. The molecule has 0 saturated carbocycles. The lowest BCUT2D eigenvalue weighted by molar-refractivity contribution is -0.385. The van der Waals surface area contributed by atoms with E-state index in [4.69, 9.17) is 0 Å². The Morgan fingerprint density at radius 1 is 1.38 bits per heavy atom. The molecule has 2 N–H and O–H groups in total. The minimum atomic E-state index is -0.449. The molecule has 2 rings (SSSR count). The third-order valence-corrected chi connectivity index (χ3v) is 3.66. The van der Waals surface area contributed by atoms with Crippen molar-refractivity contribution in [3.63, 3.8) is 0 Å². The van der Waals surface area contributed by atoms with Crippen molar-refractivity contribution in [1.29, 1.82) is 0 Å². The molecule has 0 fully saturated rings. The van der Waals surface area contributed by atoms with Crippen molar-refractivity contribution in [2.45, 2.75) is 26.8 Å². The van der Waals surface area contributed by atoms with E-state index in [0.717, 1.165) is 17.8 Å². The standard InChI is InChI=1S/C13H17N5O2S/c1-3-6-14-13-16-9(2)11(18(19)20)12(17-13)15-8-10-5-4-7-21-10/h4-5,7H,3,6,8H2,1-2H3,(H2,14,15,16,17). The molecule has 0 amide bonds. The molecule has 112 valence electrons. The van der Waals surface area contributed by atoms with Crippen molar-refractivity contribution in [3.05, 3.63) is 38.2 Å². The van der Waals surface area contributed by atoms with Gasteiger partial charge in [-0.25, -0.2) is 4.98 Å². The highest BCUT2D eigenvalue weighted by Crippen LogP contribution is 2.27. The molecule has 0 saturated heterocycles. The van der Waals surface area contributed by atoms with Crippen LogP contribution in [-0.2, 0) is 6.54 Å². The number of hydrogen-bond donors (Lipinski definition) is 2. The van der Waals surface area contributed by atoms with Gasteiger partial charge in [0.15, 0.2) is 0 Å². The summed E-state index contributed by atoms with van der Waals surface area (Å²) in [7, 11) is 0. The molecule has 0 spiro atoms. The maximum absolute atomic E-state index is 11.2. The number of nitro groups is 1. The summed E-state index contributed by atoms with van der Waals surface area (Å²) in [5, 5.41) is 19.2. The van der Waals surface area contributed by atoms with Gasteiger partial charge in [-0.1, -0.05) is 13.0 Å². The van der Waals surface area contributed by atoms with Crippen molar-refractivity contribution in [2.75, 3.05) is 17.2 Å². The predicted octanol–water partition coefficient (Wildman–Crippen LogP) is 3.19. The summed E-state index contributed by atoms with van der Waals surface area (Å²) in [6.45, 7) is 4.87. The molecule has 21 heavy (non-hydrogen) atoms. The SMILES string of the molecule is CCCNc1nc(C)c([N+](=O)[O-])c(NCc2cccs2)n1. The number of nitrogens with one attached hydrogen (secondary N) is 2. The molecule has 0 radical (unpaired) electrons. The van der Waals surface area contributed by atoms with Gasteiger partial charge in [0, 0.05) is 11.4 Å². The summed E-state index contributed by atoms with van der Waals surface area (Å²) in [5.74, 6) is 0.660. The lowest BCUT2D eigenvalue weighted by Crippen LogP contribution is -2.11.